The average molecular weight is 422 g/mol. The standard InChI is InChI=1S/C24H27N3O2S/c1-15-6-11-20-21(13-15)30-24(25-14-19-5-4-12-27(19)3)22(20)23(29)26-18-9-7-17(8-10-18)16(2)28/h4-5,7-10,12,15,25H,6,11,13-14H2,1-3H3,(H,26,29). The second kappa shape index (κ2) is 8.48. The summed E-state index contributed by atoms with van der Waals surface area (Å²) in [4.78, 5) is 26.1. The maximum absolute atomic E-state index is 13.3. The van der Waals surface area contributed by atoms with Gasteiger partial charge in [0.25, 0.3) is 5.91 Å². The van der Waals surface area contributed by atoms with Gasteiger partial charge in [-0.25, -0.2) is 0 Å². The molecule has 1 aliphatic rings. The quantitative estimate of drug-likeness (QED) is 0.533. The van der Waals surface area contributed by atoms with E-state index in [2.05, 4.69) is 28.2 Å². The number of aromatic nitrogens is 1. The first kappa shape index (κ1) is 20.4. The zero-order chi connectivity index (χ0) is 21.3. The number of hydrogen-bond donors (Lipinski definition) is 2. The van der Waals surface area contributed by atoms with Gasteiger partial charge in [0.15, 0.2) is 5.78 Å². The molecule has 4 rings (SSSR count). The van der Waals surface area contributed by atoms with Crippen molar-refractivity contribution in [2.45, 2.75) is 39.7 Å². The molecule has 1 aromatic carbocycles. The molecule has 2 N–H and O–H groups in total. The molecule has 30 heavy (non-hydrogen) atoms. The first-order valence-electron chi connectivity index (χ1n) is 10.3. The van der Waals surface area contributed by atoms with E-state index in [-0.39, 0.29) is 11.7 Å². The molecule has 1 atom stereocenters. The molecule has 2 heterocycles. The Morgan fingerprint density at radius 2 is 1.97 bits per heavy atom. The second-order valence-electron chi connectivity index (χ2n) is 8.11. The molecule has 156 valence electrons. The molecule has 0 aliphatic heterocycles. The number of aryl methyl sites for hydroxylation is 1. The highest BCUT2D eigenvalue weighted by atomic mass is 32.1. The van der Waals surface area contributed by atoms with Crippen LogP contribution in [0.1, 0.15) is 57.1 Å². The summed E-state index contributed by atoms with van der Waals surface area (Å²) in [6, 6.07) is 11.2. The molecule has 0 bridgehead atoms. The van der Waals surface area contributed by atoms with Crippen LogP contribution in [0.2, 0.25) is 0 Å². The van der Waals surface area contributed by atoms with Gasteiger partial charge in [-0.15, -0.1) is 11.3 Å². The maximum atomic E-state index is 13.3. The minimum atomic E-state index is -0.0907. The minimum absolute atomic E-state index is 0.0149. The number of anilines is 2. The molecule has 6 heteroatoms. The predicted molar refractivity (Wildman–Crippen MR) is 123 cm³/mol. The SMILES string of the molecule is CC(=O)c1ccc(NC(=O)c2c(NCc3cccn3C)sc3c2CCC(C)C3)cc1. The first-order chi connectivity index (χ1) is 14.4. The van der Waals surface area contributed by atoms with Crippen LogP contribution < -0.4 is 10.6 Å². The summed E-state index contributed by atoms with van der Waals surface area (Å²) in [6.45, 7) is 4.49. The number of rotatable bonds is 6. The van der Waals surface area contributed by atoms with Crippen molar-refractivity contribution in [2.75, 3.05) is 10.6 Å². The third-order valence-electron chi connectivity index (χ3n) is 5.77. The van der Waals surface area contributed by atoms with Crippen LogP contribution in [0.3, 0.4) is 0 Å². The van der Waals surface area contributed by atoms with Crippen LogP contribution in [0.4, 0.5) is 10.7 Å². The van der Waals surface area contributed by atoms with E-state index in [9.17, 15) is 9.59 Å². The number of amides is 1. The number of carbonyl (C=O) groups excluding carboxylic acids is 2. The van der Waals surface area contributed by atoms with Crippen molar-refractivity contribution in [2.24, 2.45) is 13.0 Å². The molecule has 0 fully saturated rings. The van der Waals surface area contributed by atoms with Crippen molar-refractivity contribution in [3.8, 4) is 0 Å². The van der Waals surface area contributed by atoms with Gasteiger partial charge >= 0.3 is 0 Å². The summed E-state index contributed by atoms with van der Waals surface area (Å²) in [6.07, 6.45) is 5.09. The van der Waals surface area contributed by atoms with Crippen LogP contribution >= 0.6 is 11.3 Å². The second-order valence-corrected chi connectivity index (χ2v) is 9.21. The van der Waals surface area contributed by atoms with Crippen LogP contribution in [0, 0.1) is 5.92 Å². The van der Waals surface area contributed by atoms with Crippen LogP contribution in [-0.2, 0) is 26.4 Å². The molecule has 5 nitrogen and oxygen atoms in total. The molecule has 3 aromatic rings. The third-order valence-corrected chi connectivity index (χ3v) is 6.98. The first-order valence-corrected chi connectivity index (χ1v) is 11.1. The summed E-state index contributed by atoms with van der Waals surface area (Å²) >= 11 is 1.71. The van der Waals surface area contributed by atoms with E-state index in [1.807, 2.05) is 19.3 Å². The summed E-state index contributed by atoms with van der Waals surface area (Å²) in [7, 11) is 2.02. The van der Waals surface area contributed by atoms with E-state index in [4.69, 9.17) is 0 Å². The molecule has 2 aromatic heterocycles. The monoisotopic (exact) mass is 421 g/mol. The van der Waals surface area contributed by atoms with E-state index in [1.54, 1.807) is 35.6 Å². The number of benzene rings is 1. The van der Waals surface area contributed by atoms with Crippen LogP contribution in [0.5, 0.6) is 0 Å². The molecule has 1 aliphatic carbocycles. The zero-order valence-corrected chi connectivity index (χ0v) is 18.4. The lowest BCUT2D eigenvalue weighted by Crippen LogP contribution is -2.18. The summed E-state index contributed by atoms with van der Waals surface area (Å²) in [5.41, 5.74) is 4.46. The maximum Gasteiger partial charge on any atom is 0.258 e. The van der Waals surface area contributed by atoms with Gasteiger partial charge in [0.2, 0.25) is 0 Å². The number of carbonyl (C=O) groups is 2. The Kier molecular flexibility index (Phi) is 5.77. The van der Waals surface area contributed by atoms with Gasteiger partial charge in [0.05, 0.1) is 12.1 Å². The Hall–Kier alpha value is -2.86. The number of nitrogens with one attached hydrogen (secondary N) is 2. The van der Waals surface area contributed by atoms with Crippen LogP contribution in [0.25, 0.3) is 0 Å². The smallest absolute Gasteiger partial charge is 0.258 e. The highest BCUT2D eigenvalue weighted by molar-refractivity contribution is 7.16. The van der Waals surface area contributed by atoms with Crippen LogP contribution in [-0.4, -0.2) is 16.3 Å². The van der Waals surface area contributed by atoms with Crippen molar-refractivity contribution >= 4 is 33.7 Å². The number of ketones is 1. The summed E-state index contributed by atoms with van der Waals surface area (Å²) < 4.78 is 2.08. The lowest BCUT2D eigenvalue weighted by atomic mass is 9.88. The normalized spacial score (nSPS) is 15.5. The van der Waals surface area contributed by atoms with Gasteiger partial charge in [0.1, 0.15) is 5.00 Å². The molecular weight excluding hydrogens is 394 g/mol. The minimum Gasteiger partial charge on any atom is -0.371 e. The Morgan fingerprint density at radius 3 is 2.63 bits per heavy atom. The van der Waals surface area contributed by atoms with Crippen molar-refractivity contribution in [3.05, 3.63) is 69.9 Å². The lowest BCUT2D eigenvalue weighted by molar-refractivity contribution is 0.101. The van der Waals surface area contributed by atoms with Gasteiger partial charge in [-0.2, -0.15) is 0 Å². The van der Waals surface area contributed by atoms with E-state index in [0.29, 0.717) is 23.7 Å². The fourth-order valence-corrected chi connectivity index (χ4v) is 5.35. The highest BCUT2D eigenvalue weighted by Crippen LogP contribution is 2.40. The lowest BCUT2D eigenvalue weighted by Gasteiger charge is -2.18. The largest absolute Gasteiger partial charge is 0.371 e. The van der Waals surface area contributed by atoms with Gasteiger partial charge < -0.3 is 15.2 Å². The van der Waals surface area contributed by atoms with Crippen molar-refractivity contribution < 1.29 is 9.59 Å². The van der Waals surface area contributed by atoms with Crippen molar-refractivity contribution in [3.63, 3.8) is 0 Å². The van der Waals surface area contributed by atoms with E-state index >= 15 is 0 Å². The van der Waals surface area contributed by atoms with Gasteiger partial charge in [-0.3, -0.25) is 9.59 Å². The molecule has 0 saturated carbocycles. The van der Waals surface area contributed by atoms with Crippen molar-refractivity contribution in [1.82, 2.24) is 4.57 Å². The molecule has 0 radical (unpaired) electrons. The highest BCUT2D eigenvalue weighted by Gasteiger charge is 2.27. The average Bonchev–Trinajstić information content (AvgIpc) is 3.29. The van der Waals surface area contributed by atoms with E-state index in [1.165, 1.54) is 23.1 Å². The molecule has 0 spiro atoms. The Morgan fingerprint density at radius 1 is 1.20 bits per heavy atom. The summed E-state index contributed by atoms with van der Waals surface area (Å²) in [5.74, 6) is 0.569. The Bertz CT molecular complexity index is 1080. The molecule has 1 unspecified atom stereocenters. The fraction of sp³-hybridized carbons (Fsp3) is 0.333. The Labute approximate surface area is 181 Å². The van der Waals surface area contributed by atoms with Gasteiger partial charge in [0, 0.05) is 35.1 Å². The van der Waals surface area contributed by atoms with Gasteiger partial charge in [-0.1, -0.05) is 6.92 Å². The predicted octanol–water partition coefficient (Wildman–Crippen LogP) is 5.28. The van der Waals surface area contributed by atoms with E-state index < -0.39 is 0 Å². The summed E-state index contributed by atoms with van der Waals surface area (Å²) in [5, 5.41) is 7.48. The zero-order valence-electron chi connectivity index (χ0n) is 17.6. The molecular formula is C24H27N3O2S. The molecule has 0 saturated heterocycles. The van der Waals surface area contributed by atoms with Crippen molar-refractivity contribution in [1.29, 1.82) is 0 Å². The number of thiophene rings is 1. The number of fused-ring (bicyclic) bond motifs is 1. The van der Waals surface area contributed by atoms with E-state index in [0.717, 1.165) is 29.8 Å². The topological polar surface area (TPSA) is 63.1 Å². The van der Waals surface area contributed by atoms with Crippen LogP contribution in [0.15, 0.2) is 42.6 Å². The van der Waals surface area contributed by atoms with Gasteiger partial charge in [-0.05, 0) is 74.1 Å². The number of Topliss-reactive ketones (excluding diaryl/α,β-unsaturated/α-hetero) is 1. The molecule has 1 amide bonds. The number of hydrogen-bond acceptors (Lipinski definition) is 4. The third kappa shape index (κ3) is 4.19. The number of nitrogens with zero attached hydrogens (tertiary/aromatic N) is 1. The Balaban J connectivity index is 1.60. The fourth-order valence-electron chi connectivity index (χ4n) is 3.95.